The van der Waals surface area contributed by atoms with Gasteiger partial charge in [0.15, 0.2) is 11.5 Å². The van der Waals surface area contributed by atoms with E-state index in [2.05, 4.69) is 6.07 Å². The number of ether oxygens (including phenoxy) is 2. The lowest BCUT2D eigenvalue weighted by Gasteiger charge is -2.27. The zero-order chi connectivity index (χ0) is 19.8. The van der Waals surface area contributed by atoms with E-state index in [1.165, 1.54) is 5.56 Å². The van der Waals surface area contributed by atoms with Crippen molar-refractivity contribution in [3.63, 3.8) is 0 Å². The van der Waals surface area contributed by atoms with Gasteiger partial charge in [-0.15, -0.1) is 0 Å². The molecule has 2 aromatic rings. The van der Waals surface area contributed by atoms with Gasteiger partial charge >= 0.3 is 0 Å². The summed E-state index contributed by atoms with van der Waals surface area (Å²) in [7, 11) is -3.51. The van der Waals surface area contributed by atoms with Crippen molar-refractivity contribution in [1.82, 2.24) is 4.31 Å². The number of nitrogens with zero attached hydrogens (tertiary/aromatic N) is 1. The first-order chi connectivity index (χ1) is 14.1. The number of allylic oxidation sites excluding steroid dienone is 1. The first kappa shape index (κ1) is 18.7. The largest absolute Gasteiger partial charge is 0.490 e. The van der Waals surface area contributed by atoms with Crippen LogP contribution in [0.25, 0.3) is 6.08 Å². The fourth-order valence-corrected chi connectivity index (χ4v) is 6.38. The maximum absolute atomic E-state index is 13.5. The van der Waals surface area contributed by atoms with Crippen molar-refractivity contribution in [2.24, 2.45) is 0 Å². The lowest BCUT2D eigenvalue weighted by molar-refractivity contribution is 0.296. The van der Waals surface area contributed by atoms with Crippen molar-refractivity contribution in [2.75, 3.05) is 19.8 Å². The van der Waals surface area contributed by atoms with E-state index in [9.17, 15) is 8.42 Å². The van der Waals surface area contributed by atoms with Crippen LogP contribution in [-0.2, 0) is 16.4 Å². The Kier molecular flexibility index (Phi) is 4.84. The second kappa shape index (κ2) is 7.50. The SMILES string of the molecule is O=S(=O)(C1=Cc2ccccc2CC1)N1CCCC1c1ccc2c(c1)OCCCO2. The summed E-state index contributed by atoms with van der Waals surface area (Å²) in [5.41, 5.74) is 3.21. The van der Waals surface area contributed by atoms with Crippen LogP contribution >= 0.6 is 0 Å². The number of hydrogen-bond donors (Lipinski definition) is 0. The monoisotopic (exact) mass is 411 g/mol. The molecule has 0 amide bonds. The number of benzene rings is 2. The third-order valence-corrected chi connectivity index (χ3v) is 8.05. The van der Waals surface area contributed by atoms with Crippen LogP contribution in [0.1, 0.15) is 48.4 Å². The van der Waals surface area contributed by atoms with Gasteiger partial charge in [0.25, 0.3) is 0 Å². The van der Waals surface area contributed by atoms with Crippen LogP contribution in [0.5, 0.6) is 11.5 Å². The molecule has 1 saturated heterocycles. The molecule has 5 nitrogen and oxygen atoms in total. The van der Waals surface area contributed by atoms with Crippen molar-refractivity contribution in [3.8, 4) is 11.5 Å². The van der Waals surface area contributed by atoms with Gasteiger partial charge in [-0.05, 0) is 60.6 Å². The smallest absolute Gasteiger partial charge is 0.239 e. The van der Waals surface area contributed by atoms with Crippen LogP contribution in [0.15, 0.2) is 47.4 Å². The summed E-state index contributed by atoms with van der Waals surface area (Å²) in [4.78, 5) is 0.525. The second-order valence-corrected chi connectivity index (χ2v) is 9.78. The van der Waals surface area contributed by atoms with E-state index in [1.54, 1.807) is 4.31 Å². The van der Waals surface area contributed by atoms with Crippen molar-refractivity contribution < 1.29 is 17.9 Å². The number of aryl methyl sites for hydroxylation is 1. The third-order valence-electron chi connectivity index (χ3n) is 6.01. The first-order valence-corrected chi connectivity index (χ1v) is 11.8. The molecule has 0 spiro atoms. The molecule has 3 aliphatic rings. The highest BCUT2D eigenvalue weighted by Gasteiger charge is 2.38. The number of fused-ring (bicyclic) bond motifs is 2. The standard InChI is InChI=1S/C23H25NO4S/c25-29(26,20-10-8-17-5-1-2-6-18(17)15-20)24-12-3-7-21(24)19-9-11-22-23(16-19)28-14-4-13-27-22/h1-2,5-6,9,11,15-16,21H,3-4,7-8,10,12-14H2. The van der Waals surface area contributed by atoms with E-state index < -0.39 is 10.0 Å². The van der Waals surface area contributed by atoms with Gasteiger partial charge in [-0.1, -0.05) is 30.3 Å². The molecule has 29 heavy (non-hydrogen) atoms. The summed E-state index contributed by atoms with van der Waals surface area (Å²) in [6.45, 7) is 1.82. The summed E-state index contributed by atoms with van der Waals surface area (Å²) >= 11 is 0. The summed E-state index contributed by atoms with van der Waals surface area (Å²) in [5, 5.41) is 0. The molecule has 5 rings (SSSR count). The topological polar surface area (TPSA) is 55.8 Å². The Labute approximate surface area is 172 Å². The fraction of sp³-hybridized carbons (Fsp3) is 0.391. The molecule has 0 radical (unpaired) electrons. The zero-order valence-corrected chi connectivity index (χ0v) is 17.2. The molecule has 152 valence electrons. The average molecular weight is 412 g/mol. The predicted octanol–water partition coefficient (Wildman–Crippen LogP) is 4.30. The lowest BCUT2D eigenvalue weighted by Crippen LogP contribution is -2.32. The van der Waals surface area contributed by atoms with Crippen molar-refractivity contribution >= 4 is 16.1 Å². The van der Waals surface area contributed by atoms with Gasteiger partial charge in [0, 0.05) is 13.0 Å². The minimum absolute atomic E-state index is 0.157. The quantitative estimate of drug-likeness (QED) is 0.756. The van der Waals surface area contributed by atoms with E-state index >= 15 is 0 Å². The van der Waals surface area contributed by atoms with Crippen LogP contribution in [0.4, 0.5) is 0 Å². The van der Waals surface area contributed by atoms with Crippen LogP contribution in [-0.4, -0.2) is 32.5 Å². The minimum Gasteiger partial charge on any atom is -0.490 e. The molecule has 6 heteroatoms. The van der Waals surface area contributed by atoms with Crippen molar-refractivity contribution in [1.29, 1.82) is 0 Å². The molecule has 1 aliphatic carbocycles. The van der Waals surface area contributed by atoms with Gasteiger partial charge in [0.2, 0.25) is 10.0 Å². The maximum atomic E-state index is 13.5. The molecular formula is C23H25NO4S. The van der Waals surface area contributed by atoms with Crippen LogP contribution in [0.2, 0.25) is 0 Å². The van der Waals surface area contributed by atoms with Crippen molar-refractivity contribution in [3.05, 3.63) is 64.1 Å². The van der Waals surface area contributed by atoms with Crippen LogP contribution in [0, 0.1) is 0 Å². The Morgan fingerprint density at radius 2 is 1.76 bits per heavy atom. The number of hydrogen-bond acceptors (Lipinski definition) is 4. The van der Waals surface area contributed by atoms with E-state index in [4.69, 9.17) is 9.47 Å². The predicted molar refractivity (Wildman–Crippen MR) is 112 cm³/mol. The highest BCUT2D eigenvalue weighted by atomic mass is 32.2. The summed E-state index contributed by atoms with van der Waals surface area (Å²) < 4.78 is 40.3. The van der Waals surface area contributed by atoms with Gasteiger partial charge in [-0.2, -0.15) is 4.31 Å². The molecule has 2 aromatic carbocycles. The molecule has 0 N–H and O–H groups in total. The van der Waals surface area contributed by atoms with Gasteiger partial charge in [0.05, 0.1) is 24.2 Å². The third kappa shape index (κ3) is 3.45. The highest BCUT2D eigenvalue weighted by molar-refractivity contribution is 7.93. The highest BCUT2D eigenvalue weighted by Crippen LogP contribution is 2.41. The Bertz CT molecular complexity index is 1060. The van der Waals surface area contributed by atoms with E-state index in [-0.39, 0.29) is 6.04 Å². The molecule has 0 saturated carbocycles. The molecule has 1 unspecified atom stereocenters. The van der Waals surface area contributed by atoms with Gasteiger partial charge in [0.1, 0.15) is 0 Å². The first-order valence-electron chi connectivity index (χ1n) is 10.3. The molecule has 1 fully saturated rings. The average Bonchev–Trinajstić information content (AvgIpc) is 3.13. The normalized spacial score (nSPS) is 21.9. The summed E-state index contributed by atoms with van der Waals surface area (Å²) in [6.07, 6.45) is 5.72. The second-order valence-electron chi connectivity index (χ2n) is 7.84. The summed E-state index contributed by atoms with van der Waals surface area (Å²) in [6, 6.07) is 13.7. The van der Waals surface area contributed by atoms with E-state index in [0.29, 0.717) is 31.1 Å². The molecule has 2 aliphatic heterocycles. The van der Waals surface area contributed by atoms with E-state index in [1.807, 2.05) is 42.5 Å². The molecule has 0 aromatic heterocycles. The van der Waals surface area contributed by atoms with Crippen LogP contribution in [0.3, 0.4) is 0 Å². The Morgan fingerprint density at radius 3 is 2.66 bits per heavy atom. The van der Waals surface area contributed by atoms with Crippen LogP contribution < -0.4 is 9.47 Å². The van der Waals surface area contributed by atoms with Gasteiger partial charge in [-0.25, -0.2) is 8.42 Å². The van der Waals surface area contributed by atoms with Gasteiger partial charge in [-0.3, -0.25) is 0 Å². The summed E-state index contributed by atoms with van der Waals surface area (Å²) in [5.74, 6) is 1.46. The number of rotatable bonds is 3. The Balaban J connectivity index is 1.47. The van der Waals surface area contributed by atoms with Gasteiger partial charge < -0.3 is 9.47 Å². The Morgan fingerprint density at radius 1 is 0.931 bits per heavy atom. The number of sulfonamides is 1. The lowest BCUT2D eigenvalue weighted by atomic mass is 9.98. The fourth-order valence-electron chi connectivity index (χ4n) is 4.51. The minimum atomic E-state index is -3.51. The molecule has 2 heterocycles. The Hall–Kier alpha value is -2.31. The molecule has 0 bridgehead atoms. The van der Waals surface area contributed by atoms with Crippen molar-refractivity contribution in [2.45, 2.75) is 38.1 Å². The maximum Gasteiger partial charge on any atom is 0.239 e. The zero-order valence-electron chi connectivity index (χ0n) is 16.3. The molecular weight excluding hydrogens is 386 g/mol. The molecule has 1 atom stereocenters. The van der Waals surface area contributed by atoms with E-state index in [0.717, 1.165) is 48.3 Å².